The minimum absolute atomic E-state index is 0.835. The quantitative estimate of drug-likeness (QED) is 0.814. The Morgan fingerprint density at radius 2 is 2.17 bits per heavy atom. The molecule has 0 spiro atoms. The maximum atomic E-state index is 6.37. The third-order valence-corrected chi connectivity index (χ3v) is 3.75. The smallest absolute Gasteiger partial charge is 0.0646 e. The Labute approximate surface area is 112 Å². The molecular formula is C15H15ClN2. The van der Waals surface area contributed by atoms with Crippen LogP contribution in [0.3, 0.4) is 0 Å². The number of aryl methyl sites for hydroxylation is 1. The fourth-order valence-electron chi connectivity index (χ4n) is 2.40. The second kappa shape index (κ2) is 4.62. The van der Waals surface area contributed by atoms with Gasteiger partial charge in [0.2, 0.25) is 0 Å². The molecule has 2 aromatic rings. The highest BCUT2D eigenvalue weighted by Gasteiger charge is 2.21. The topological polar surface area (TPSA) is 16.1 Å². The molecule has 1 aromatic heterocycles. The number of hydrogen-bond acceptors (Lipinski definition) is 2. The van der Waals surface area contributed by atoms with Crippen molar-refractivity contribution in [1.29, 1.82) is 0 Å². The summed E-state index contributed by atoms with van der Waals surface area (Å²) in [5, 5.41) is 0.835. The Kier molecular flexibility index (Phi) is 2.96. The first-order chi connectivity index (χ1) is 8.78. The Hall–Kier alpha value is -1.54. The van der Waals surface area contributed by atoms with Gasteiger partial charge in [-0.1, -0.05) is 30.7 Å². The van der Waals surface area contributed by atoms with Gasteiger partial charge in [0.1, 0.15) is 0 Å². The van der Waals surface area contributed by atoms with Crippen molar-refractivity contribution in [3.8, 4) is 0 Å². The summed E-state index contributed by atoms with van der Waals surface area (Å²) in [5.74, 6) is 0. The molecule has 2 heterocycles. The van der Waals surface area contributed by atoms with Gasteiger partial charge < -0.3 is 4.90 Å². The van der Waals surface area contributed by atoms with Crippen molar-refractivity contribution in [3.63, 3.8) is 0 Å². The summed E-state index contributed by atoms with van der Waals surface area (Å²) in [5.41, 5.74) is 4.84. The normalized spacial score (nSPS) is 13.8. The summed E-state index contributed by atoms with van der Waals surface area (Å²) in [7, 11) is 0. The molecule has 18 heavy (non-hydrogen) atoms. The van der Waals surface area contributed by atoms with Crippen molar-refractivity contribution in [2.75, 3.05) is 4.90 Å². The molecule has 3 rings (SSSR count). The summed E-state index contributed by atoms with van der Waals surface area (Å²) in [6.45, 7) is 3.89. The van der Waals surface area contributed by atoms with Gasteiger partial charge >= 0.3 is 0 Å². The molecule has 0 N–H and O–H groups in total. The van der Waals surface area contributed by atoms with E-state index in [9.17, 15) is 0 Å². The SMILES string of the molecule is CCc1ccc(N2Cc3cccnc3C2)c(Cl)c1. The lowest BCUT2D eigenvalue weighted by Gasteiger charge is -2.19. The number of pyridine rings is 1. The summed E-state index contributed by atoms with van der Waals surface area (Å²) in [4.78, 5) is 6.69. The monoisotopic (exact) mass is 258 g/mol. The van der Waals surface area contributed by atoms with Crippen LogP contribution in [0.1, 0.15) is 23.7 Å². The van der Waals surface area contributed by atoms with Gasteiger partial charge in [0.05, 0.1) is 22.9 Å². The van der Waals surface area contributed by atoms with Crippen LogP contribution in [0, 0.1) is 0 Å². The molecule has 3 heteroatoms. The molecule has 1 aliphatic heterocycles. The number of aromatic nitrogens is 1. The van der Waals surface area contributed by atoms with E-state index in [0.29, 0.717) is 0 Å². The van der Waals surface area contributed by atoms with Crippen molar-refractivity contribution in [3.05, 3.63) is 58.4 Å². The molecule has 0 unspecified atom stereocenters. The predicted molar refractivity (Wildman–Crippen MR) is 75.0 cm³/mol. The zero-order chi connectivity index (χ0) is 12.5. The number of nitrogens with zero attached hydrogens (tertiary/aromatic N) is 2. The average molecular weight is 259 g/mol. The van der Waals surface area contributed by atoms with Crippen LogP contribution in [0.25, 0.3) is 0 Å². The minimum atomic E-state index is 0.835. The molecule has 0 radical (unpaired) electrons. The lowest BCUT2D eigenvalue weighted by molar-refractivity contribution is 0.870. The van der Waals surface area contributed by atoms with E-state index in [1.54, 1.807) is 0 Å². The van der Waals surface area contributed by atoms with Crippen LogP contribution in [0.5, 0.6) is 0 Å². The highest BCUT2D eigenvalue weighted by atomic mass is 35.5. The maximum absolute atomic E-state index is 6.37. The lowest BCUT2D eigenvalue weighted by atomic mass is 10.1. The van der Waals surface area contributed by atoms with E-state index in [2.05, 4.69) is 41.1 Å². The first kappa shape index (κ1) is 11.5. The Morgan fingerprint density at radius 1 is 1.28 bits per heavy atom. The van der Waals surface area contributed by atoms with E-state index in [4.69, 9.17) is 11.6 Å². The number of fused-ring (bicyclic) bond motifs is 1. The molecule has 0 amide bonds. The number of anilines is 1. The van der Waals surface area contributed by atoms with Gasteiger partial charge in [0.25, 0.3) is 0 Å². The Bertz CT molecular complexity index is 555. The van der Waals surface area contributed by atoms with Crippen LogP contribution < -0.4 is 4.90 Å². The fourth-order valence-corrected chi connectivity index (χ4v) is 2.72. The third kappa shape index (κ3) is 1.97. The lowest BCUT2D eigenvalue weighted by Crippen LogP contribution is -2.15. The number of hydrogen-bond donors (Lipinski definition) is 0. The zero-order valence-corrected chi connectivity index (χ0v) is 11.1. The number of benzene rings is 1. The molecule has 0 saturated carbocycles. The van der Waals surface area contributed by atoms with Gasteiger partial charge in [0, 0.05) is 12.7 Å². The maximum Gasteiger partial charge on any atom is 0.0646 e. The van der Waals surface area contributed by atoms with Crippen LogP contribution in [0.15, 0.2) is 36.5 Å². The summed E-state index contributed by atoms with van der Waals surface area (Å²) in [6.07, 6.45) is 2.87. The van der Waals surface area contributed by atoms with Crippen LogP contribution in [-0.4, -0.2) is 4.98 Å². The van der Waals surface area contributed by atoms with E-state index in [0.717, 1.165) is 35.9 Å². The molecule has 0 bridgehead atoms. The van der Waals surface area contributed by atoms with Crippen molar-refractivity contribution in [2.45, 2.75) is 26.4 Å². The zero-order valence-electron chi connectivity index (χ0n) is 10.4. The van der Waals surface area contributed by atoms with Crippen molar-refractivity contribution in [2.24, 2.45) is 0 Å². The summed E-state index contributed by atoms with van der Waals surface area (Å²) in [6, 6.07) is 10.5. The molecule has 2 nitrogen and oxygen atoms in total. The van der Waals surface area contributed by atoms with E-state index in [-0.39, 0.29) is 0 Å². The summed E-state index contributed by atoms with van der Waals surface area (Å²) >= 11 is 6.37. The predicted octanol–water partition coefficient (Wildman–Crippen LogP) is 3.82. The molecule has 1 aromatic carbocycles. The van der Waals surface area contributed by atoms with Crippen molar-refractivity contribution >= 4 is 17.3 Å². The molecule has 0 aliphatic carbocycles. The largest absolute Gasteiger partial charge is 0.360 e. The van der Waals surface area contributed by atoms with Gasteiger partial charge in [0.15, 0.2) is 0 Å². The van der Waals surface area contributed by atoms with Crippen molar-refractivity contribution < 1.29 is 0 Å². The molecule has 92 valence electrons. The Morgan fingerprint density at radius 3 is 2.89 bits per heavy atom. The standard InChI is InChI=1S/C15H15ClN2/c1-2-11-5-6-15(13(16)8-11)18-9-12-4-3-7-17-14(12)10-18/h3-8H,2,9-10H2,1H3. The third-order valence-electron chi connectivity index (χ3n) is 3.45. The second-order valence-electron chi connectivity index (χ2n) is 4.60. The van der Waals surface area contributed by atoms with Crippen LogP contribution in [0.2, 0.25) is 5.02 Å². The fraction of sp³-hybridized carbons (Fsp3) is 0.267. The first-order valence-electron chi connectivity index (χ1n) is 6.24. The second-order valence-corrected chi connectivity index (χ2v) is 5.01. The van der Waals surface area contributed by atoms with Crippen LogP contribution >= 0.6 is 11.6 Å². The van der Waals surface area contributed by atoms with Crippen molar-refractivity contribution in [1.82, 2.24) is 4.98 Å². The van der Waals surface area contributed by atoms with E-state index in [1.807, 2.05) is 12.3 Å². The van der Waals surface area contributed by atoms with E-state index < -0.39 is 0 Å². The first-order valence-corrected chi connectivity index (χ1v) is 6.62. The highest BCUT2D eigenvalue weighted by Crippen LogP contribution is 2.33. The number of rotatable bonds is 2. The van der Waals surface area contributed by atoms with Gasteiger partial charge in [-0.2, -0.15) is 0 Å². The van der Waals surface area contributed by atoms with Gasteiger partial charge in [-0.05, 0) is 35.7 Å². The minimum Gasteiger partial charge on any atom is -0.360 e. The molecule has 0 fully saturated rings. The Balaban J connectivity index is 1.90. The van der Waals surface area contributed by atoms with Gasteiger partial charge in [-0.15, -0.1) is 0 Å². The van der Waals surface area contributed by atoms with E-state index >= 15 is 0 Å². The van der Waals surface area contributed by atoms with Gasteiger partial charge in [-0.3, -0.25) is 4.98 Å². The average Bonchev–Trinajstić information content (AvgIpc) is 2.81. The molecular weight excluding hydrogens is 244 g/mol. The van der Waals surface area contributed by atoms with Crippen LogP contribution in [-0.2, 0) is 19.5 Å². The molecule has 1 aliphatic rings. The molecule has 0 atom stereocenters. The van der Waals surface area contributed by atoms with Gasteiger partial charge in [-0.25, -0.2) is 0 Å². The highest BCUT2D eigenvalue weighted by molar-refractivity contribution is 6.33. The molecule has 0 saturated heterocycles. The van der Waals surface area contributed by atoms with Crippen LogP contribution in [0.4, 0.5) is 5.69 Å². The van der Waals surface area contributed by atoms with E-state index in [1.165, 1.54) is 11.1 Å². The summed E-state index contributed by atoms with van der Waals surface area (Å²) < 4.78 is 0. The number of halogens is 1.